The summed E-state index contributed by atoms with van der Waals surface area (Å²) in [6, 6.07) is 0. The van der Waals surface area contributed by atoms with Crippen LogP contribution in [0.15, 0.2) is 6.20 Å². The van der Waals surface area contributed by atoms with Crippen molar-refractivity contribution in [3.8, 4) is 0 Å². The van der Waals surface area contributed by atoms with Gasteiger partial charge in [-0.1, -0.05) is 69.1 Å². The zero-order valence-electron chi connectivity index (χ0n) is 17.5. The molecule has 0 saturated heterocycles. The van der Waals surface area contributed by atoms with Crippen molar-refractivity contribution in [3.63, 3.8) is 0 Å². The molecule has 0 saturated carbocycles. The highest BCUT2D eigenvalue weighted by Crippen LogP contribution is 2.35. The minimum atomic E-state index is -3.57. The molecule has 0 aliphatic rings. The van der Waals surface area contributed by atoms with Crippen LogP contribution >= 0.6 is 15.9 Å². The zero-order valence-corrected chi connectivity index (χ0v) is 20.9. The topological polar surface area (TPSA) is 55.2 Å². The number of nitrogens with zero attached hydrogens (tertiary/aromatic N) is 3. The Labute approximate surface area is 169 Å². The normalized spacial score (nSPS) is 13.6. The molecular weight excluding hydrogens is 430 g/mol. The van der Waals surface area contributed by atoms with Gasteiger partial charge in [0.25, 0.3) is 0 Å². The van der Waals surface area contributed by atoms with E-state index in [1.807, 2.05) is 0 Å². The molecular formula is C18H36BrN3O2SSi. The average molecular weight is 467 g/mol. The Morgan fingerprint density at radius 2 is 1.65 bits per heavy atom. The quantitative estimate of drug-likeness (QED) is 0.296. The van der Waals surface area contributed by atoms with E-state index >= 15 is 0 Å². The maximum atomic E-state index is 13.0. The van der Waals surface area contributed by atoms with Gasteiger partial charge in [-0.25, -0.2) is 8.96 Å². The molecule has 8 heteroatoms. The molecule has 1 aromatic heterocycles. The maximum absolute atomic E-state index is 13.0. The molecule has 0 atom stereocenters. The maximum Gasteiger partial charge on any atom is 0.308 e. The first-order chi connectivity index (χ1) is 11.9. The van der Waals surface area contributed by atoms with Crippen LogP contribution in [0.25, 0.3) is 0 Å². The third-order valence-electron chi connectivity index (χ3n) is 5.48. The molecule has 5 nitrogen and oxygen atoms in total. The first-order valence-corrected chi connectivity index (χ1v) is 14.9. The fraction of sp³-hybridized carbons (Fsp3) is 0.833. The summed E-state index contributed by atoms with van der Waals surface area (Å²) in [5.74, 6) is 0. The van der Waals surface area contributed by atoms with Crippen molar-refractivity contribution in [2.75, 3.05) is 19.4 Å². The van der Waals surface area contributed by atoms with Gasteiger partial charge in [0.1, 0.15) is 13.5 Å². The van der Waals surface area contributed by atoms with E-state index in [-0.39, 0.29) is 5.04 Å². The summed E-state index contributed by atoms with van der Waals surface area (Å²) in [5, 5.41) is 1.07. The first kappa shape index (κ1) is 23.9. The third kappa shape index (κ3) is 5.42. The number of aryl methyl sites for hydroxylation is 1. The molecule has 0 aromatic carbocycles. The van der Waals surface area contributed by atoms with Gasteiger partial charge >= 0.3 is 10.2 Å². The van der Waals surface area contributed by atoms with Crippen LogP contribution in [-0.2, 0) is 16.6 Å². The lowest BCUT2D eigenvalue weighted by Crippen LogP contribution is -2.56. The highest BCUT2D eigenvalue weighted by Gasteiger charge is 2.43. The molecule has 1 heterocycles. The average Bonchev–Trinajstić information content (AvgIpc) is 2.94. The van der Waals surface area contributed by atoms with Gasteiger partial charge in [0.15, 0.2) is 0 Å². The summed E-state index contributed by atoms with van der Waals surface area (Å²) in [6.45, 7) is 11.0. The summed E-state index contributed by atoms with van der Waals surface area (Å²) < 4.78 is 28.9. The summed E-state index contributed by atoms with van der Waals surface area (Å²) in [7, 11) is -2.47. The van der Waals surface area contributed by atoms with Crippen LogP contribution < -0.4 is 5.45 Å². The number of aromatic nitrogens is 2. The number of alkyl halides is 1. The number of rotatable bonds is 10. The van der Waals surface area contributed by atoms with Crippen molar-refractivity contribution in [1.29, 1.82) is 0 Å². The molecule has 0 spiro atoms. The zero-order chi connectivity index (χ0) is 20.2. The Morgan fingerprint density at radius 3 is 2.15 bits per heavy atom. The fourth-order valence-electron chi connectivity index (χ4n) is 2.64. The van der Waals surface area contributed by atoms with Crippen molar-refractivity contribution in [2.24, 2.45) is 0 Å². The van der Waals surface area contributed by atoms with Crippen LogP contribution in [0.5, 0.6) is 0 Å². The Hall–Kier alpha value is -0.183. The summed E-state index contributed by atoms with van der Waals surface area (Å²) in [6.07, 6.45) is 8.26. The van der Waals surface area contributed by atoms with Crippen molar-refractivity contribution >= 4 is 39.7 Å². The second-order valence-corrected chi connectivity index (χ2v) is 16.7. The van der Waals surface area contributed by atoms with Crippen LogP contribution in [0.2, 0.25) is 18.1 Å². The van der Waals surface area contributed by atoms with Crippen LogP contribution in [-0.4, -0.2) is 49.2 Å². The molecule has 0 unspecified atom stereocenters. The minimum absolute atomic E-state index is 0.0187. The van der Waals surface area contributed by atoms with Gasteiger partial charge in [-0.2, -0.15) is 12.7 Å². The Kier molecular flexibility index (Phi) is 8.57. The predicted molar refractivity (Wildman–Crippen MR) is 118 cm³/mol. The Morgan fingerprint density at radius 1 is 1.12 bits per heavy atom. The monoisotopic (exact) mass is 465 g/mol. The molecule has 1 rings (SSSR count). The number of hydrogen-bond acceptors (Lipinski definition) is 3. The van der Waals surface area contributed by atoms with Crippen molar-refractivity contribution in [2.45, 2.75) is 77.4 Å². The molecule has 0 N–H and O–H groups in total. The largest absolute Gasteiger partial charge is 0.308 e. The highest BCUT2D eigenvalue weighted by molar-refractivity contribution is 9.09. The lowest BCUT2D eigenvalue weighted by atomic mass is 10.1. The molecule has 0 bridgehead atoms. The molecule has 0 aliphatic carbocycles. The van der Waals surface area contributed by atoms with Crippen molar-refractivity contribution < 1.29 is 8.42 Å². The first-order valence-electron chi connectivity index (χ1n) is 9.43. The predicted octanol–water partition coefficient (Wildman–Crippen LogP) is 4.14. The van der Waals surface area contributed by atoms with E-state index < -0.39 is 18.3 Å². The van der Waals surface area contributed by atoms with Crippen molar-refractivity contribution in [3.05, 3.63) is 11.9 Å². The van der Waals surface area contributed by atoms with Gasteiger partial charge in [0, 0.05) is 25.6 Å². The van der Waals surface area contributed by atoms with Crippen LogP contribution in [0.1, 0.15) is 58.6 Å². The summed E-state index contributed by atoms with van der Waals surface area (Å²) >= 11 is 3.46. The van der Waals surface area contributed by atoms with E-state index in [2.05, 4.69) is 54.8 Å². The molecule has 26 heavy (non-hydrogen) atoms. The molecule has 1 aromatic rings. The van der Waals surface area contributed by atoms with Gasteiger partial charge in [-0.05, 0) is 24.3 Å². The third-order valence-corrected chi connectivity index (χ3v) is 13.2. The van der Waals surface area contributed by atoms with E-state index in [1.54, 1.807) is 24.3 Å². The van der Waals surface area contributed by atoms with Gasteiger partial charge in [-0.15, -0.1) is 0 Å². The number of halogens is 1. The SMILES string of the molecule is CN(C)S(=O)(=O)n1c(CCCCCCCBr)cnc1[Si](C)(C)C(C)(C)C. The van der Waals surface area contributed by atoms with E-state index in [4.69, 9.17) is 0 Å². The van der Waals surface area contributed by atoms with Gasteiger partial charge in [0.2, 0.25) is 0 Å². The molecule has 0 fully saturated rings. The lowest BCUT2D eigenvalue weighted by molar-refractivity contribution is 0.508. The highest BCUT2D eigenvalue weighted by atomic mass is 79.9. The van der Waals surface area contributed by atoms with Gasteiger partial charge < -0.3 is 0 Å². The van der Waals surface area contributed by atoms with E-state index in [1.165, 1.54) is 23.6 Å². The molecule has 152 valence electrons. The second kappa shape index (κ2) is 9.34. The number of unbranched alkanes of at least 4 members (excludes halogenated alkanes) is 4. The standard InChI is InChI=1S/C18H36BrN3O2SSi/c1-18(2,3)26(6,7)17-20-15-16(13-11-9-8-10-12-14-19)22(17)25(23,24)21(4)5/h15H,8-14H2,1-7H3. The fourth-order valence-corrected chi connectivity index (χ4v) is 6.81. The van der Waals surface area contributed by atoms with Crippen LogP contribution in [0, 0.1) is 0 Å². The van der Waals surface area contributed by atoms with Gasteiger partial charge in [0.05, 0.1) is 5.69 Å². The number of imidazole rings is 1. The Bertz CT molecular complexity index is 679. The lowest BCUT2D eigenvalue weighted by Gasteiger charge is -2.36. The summed E-state index contributed by atoms with van der Waals surface area (Å²) in [4.78, 5) is 4.64. The molecule has 0 aliphatic heterocycles. The van der Waals surface area contributed by atoms with E-state index in [0.29, 0.717) is 0 Å². The van der Waals surface area contributed by atoms with Crippen LogP contribution in [0.3, 0.4) is 0 Å². The Balaban J connectivity index is 3.17. The van der Waals surface area contributed by atoms with Gasteiger partial charge in [-0.3, -0.25) is 0 Å². The smallest absolute Gasteiger partial charge is 0.246 e. The van der Waals surface area contributed by atoms with E-state index in [9.17, 15) is 8.42 Å². The number of hydrogen-bond donors (Lipinski definition) is 0. The van der Waals surface area contributed by atoms with E-state index in [0.717, 1.165) is 35.7 Å². The molecule has 0 radical (unpaired) electrons. The van der Waals surface area contributed by atoms with Crippen molar-refractivity contribution in [1.82, 2.24) is 13.3 Å². The van der Waals surface area contributed by atoms with Crippen LogP contribution in [0.4, 0.5) is 0 Å². The molecule has 0 amide bonds. The summed E-state index contributed by atoms with van der Waals surface area (Å²) in [5.41, 5.74) is 1.58. The second-order valence-electron chi connectivity index (χ2n) is 8.71. The minimum Gasteiger partial charge on any atom is -0.246 e.